The van der Waals surface area contributed by atoms with Crippen molar-refractivity contribution in [2.75, 3.05) is 12.5 Å². The van der Waals surface area contributed by atoms with Gasteiger partial charge in [0.05, 0.1) is 0 Å². The van der Waals surface area contributed by atoms with E-state index in [2.05, 4.69) is 23.4 Å². The highest BCUT2D eigenvalue weighted by molar-refractivity contribution is 5.47. The molecule has 1 N–H and O–H groups in total. The summed E-state index contributed by atoms with van der Waals surface area (Å²) in [6.45, 7) is 3.01. The first-order valence-electron chi connectivity index (χ1n) is 3.69. The number of hydrogen-bond donors (Lipinski definition) is 1. The molecule has 0 unspecified atom stereocenters. The van der Waals surface area contributed by atoms with Gasteiger partial charge in [0, 0.05) is 25.4 Å². The average Bonchev–Trinajstić information content (AvgIpc) is 2.27. The molecule has 11 heavy (non-hydrogen) atoms. The minimum Gasteiger partial charge on any atom is -0.303 e. The monoisotopic (exact) mass is 149 g/mol. The van der Waals surface area contributed by atoms with Crippen molar-refractivity contribution in [1.29, 1.82) is 0 Å². The standard InChI is InChI=1S/C8H11N3/c1-6-3-7-5-11(2)10-8(7)9-4-6/h3-4H,5H2,1-2H3,(H,9,10). The van der Waals surface area contributed by atoms with Gasteiger partial charge in [-0.05, 0) is 18.6 Å². The summed E-state index contributed by atoms with van der Waals surface area (Å²) in [6.07, 6.45) is 1.88. The van der Waals surface area contributed by atoms with Crippen LogP contribution in [0.25, 0.3) is 0 Å². The first kappa shape index (κ1) is 6.61. The molecule has 0 aromatic carbocycles. The molecule has 3 heteroatoms. The molecule has 1 aliphatic rings. The van der Waals surface area contributed by atoms with E-state index in [9.17, 15) is 0 Å². The highest BCUT2D eigenvalue weighted by Crippen LogP contribution is 2.21. The highest BCUT2D eigenvalue weighted by atomic mass is 15.5. The molecule has 1 aromatic heterocycles. The van der Waals surface area contributed by atoms with Crippen LogP contribution in [0, 0.1) is 6.92 Å². The largest absolute Gasteiger partial charge is 0.303 e. The molecule has 0 spiro atoms. The Hall–Kier alpha value is -1.09. The summed E-state index contributed by atoms with van der Waals surface area (Å²) in [5, 5.41) is 2.02. The Bertz CT molecular complexity index is 283. The van der Waals surface area contributed by atoms with Crippen molar-refractivity contribution in [3.05, 3.63) is 23.4 Å². The third-order valence-corrected chi connectivity index (χ3v) is 1.81. The van der Waals surface area contributed by atoms with Crippen molar-refractivity contribution < 1.29 is 0 Å². The van der Waals surface area contributed by atoms with Crippen molar-refractivity contribution in [2.45, 2.75) is 13.5 Å². The number of aryl methyl sites for hydroxylation is 1. The predicted octanol–water partition coefficient (Wildman–Crippen LogP) is 1.16. The lowest BCUT2D eigenvalue weighted by atomic mass is 10.2. The third kappa shape index (κ3) is 1.07. The van der Waals surface area contributed by atoms with Gasteiger partial charge in [0.25, 0.3) is 0 Å². The van der Waals surface area contributed by atoms with Crippen LogP contribution in [0.4, 0.5) is 5.82 Å². The van der Waals surface area contributed by atoms with Crippen LogP contribution in [0.5, 0.6) is 0 Å². The quantitative estimate of drug-likeness (QED) is 0.600. The van der Waals surface area contributed by atoms with Gasteiger partial charge in [0.2, 0.25) is 0 Å². The van der Waals surface area contributed by atoms with Crippen molar-refractivity contribution in [3.63, 3.8) is 0 Å². The van der Waals surface area contributed by atoms with E-state index in [4.69, 9.17) is 0 Å². The lowest BCUT2D eigenvalue weighted by molar-refractivity contribution is 0.422. The number of fused-ring (bicyclic) bond motifs is 1. The lowest BCUT2D eigenvalue weighted by Crippen LogP contribution is -2.16. The van der Waals surface area contributed by atoms with Gasteiger partial charge in [0.1, 0.15) is 5.82 Å². The van der Waals surface area contributed by atoms with E-state index in [1.165, 1.54) is 11.1 Å². The second kappa shape index (κ2) is 2.20. The van der Waals surface area contributed by atoms with Gasteiger partial charge in [-0.3, -0.25) is 0 Å². The second-order valence-corrected chi connectivity index (χ2v) is 2.99. The fourth-order valence-corrected chi connectivity index (χ4v) is 1.33. The minimum absolute atomic E-state index is 0.948. The molecular formula is C8H11N3. The number of nitrogens with zero attached hydrogens (tertiary/aromatic N) is 2. The number of hydrogen-bond acceptors (Lipinski definition) is 3. The Morgan fingerprint density at radius 1 is 1.64 bits per heavy atom. The molecular weight excluding hydrogens is 138 g/mol. The summed E-state index contributed by atoms with van der Waals surface area (Å²) in [4.78, 5) is 4.26. The molecule has 0 amide bonds. The van der Waals surface area contributed by atoms with Crippen LogP contribution in [0.3, 0.4) is 0 Å². The molecule has 1 aromatic rings. The fraction of sp³-hybridized carbons (Fsp3) is 0.375. The van der Waals surface area contributed by atoms with E-state index >= 15 is 0 Å². The first-order chi connectivity index (χ1) is 5.25. The summed E-state index contributed by atoms with van der Waals surface area (Å²) in [5.74, 6) is 0.998. The predicted molar refractivity (Wildman–Crippen MR) is 44.1 cm³/mol. The second-order valence-electron chi connectivity index (χ2n) is 2.99. The summed E-state index contributed by atoms with van der Waals surface area (Å²) < 4.78 is 0. The molecule has 0 radical (unpaired) electrons. The van der Waals surface area contributed by atoms with E-state index in [0.29, 0.717) is 0 Å². The minimum atomic E-state index is 0.948. The Morgan fingerprint density at radius 2 is 2.45 bits per heavy atom. The Kier molecular flexibility index (Phi) is 1.32. The number of rotatable bonds is 0. The molecule has 0 atom stereocenters. The highest BCUT2D eigenvalue weighted by Gasteiger charge is 2.14. The molecule has 0 aliphatic carbocycles. The number of nitrogens with one attached hydrogen (secondary N) is 1. The van der Waals surface area contributed by atoms with Gasteiger partial charge < -0.3 is 5.43 Å². The van der Waals surface area contributed by atoms with Crippen LogP contribution in [-0.2, 0) is 6.54 Å². The molecule has 0 bridgehead atoms. The van der Waals surface area contributed by atoms with E-state index in [1.54, 1.807) is 0 Å². The van der Waals surface area contributed by atoms with Crippen molar-refractivity contribution >= 4 is 5.82 Å². The van der Waals surface area contributed by atoms with Crippen LogP contribution < -0.4 is 5.43 Å². The molecule has 2 heterocycles. The molecule has 0 saturated heterocycles. The number of anilines is 1. The topological polar surface area (TPSA) is 28.2 Å². The number of hydrazine groups is 1. The maximum Gasteiger partial charge on any atom is 0.144 e. The maximum absolute atomic E-state index is 4.26. The lowest BCUT2D eigenvalue weighted by Gasteiger charge is -2.05. The zero-order chi connectivity index (χ0) is 7.84. The number of pyridine rings is 1. The van der Waals surface area contributed by atoms with Gasteiger partial charge in [-0.1, -0.05) is 0 Å². The van der Waals surface area contributed by atoms with Gasteiger partial charge in [-0.15, -0.1) is 0 Å². The molecule has 58 valence electrons. The number of aromatic nitrogens is 1. The molecule has 0 saturated carbocycles. The van der Waals surface area contributed by atoms with Crippen LogP contribution in [0.1, 0.15) is 11.1 Å². The maximum atomic E-state index is 4.26. The molecule has 3 nitrogen and oxygen atoms in total. The summed E-state index contributed by atoms with van der Waals surface area (Å²) in [6, 6.07) is 2.17. The molecule has 0 fully saturated rings. The zero-order valence-electron chi connectivity index (χ0n) is 6.76. The third-order valence-electron chi connectivity index (χ3n) is 1.81. The van der Waals surface area contributed by atoms with E-state index in [0.717, 1.165) is 12.4 Å². The van der Waals surface area contributed by atoms with Gasteiger partial charge in [0.15, 0.2) is 0 Å². The Balaban J connectivity index is 2.43. The Morgan fingerprint density at radius 3 is 3.27 bits per heavy atom. The van der Waals surface area contributed by atoms with Crippen LogP contribution in [0.2, 0.25) is 0 Å². The summed E-state index contributed by atoms with van der Waals surface area (Å²) in [7, 11) is 2.01. The summed E-state index contributed by atoms with van der Waals surface area (Å²) >= 11 is 0. The first-order valence-corrected chi connectivity index (χ1v) is 3.69. The van der Waals surface area contributed by atoms with Crippen molar-refractivity contribution in [3.8, 4) is 0 Å². The zero-order valence-corrected chi connectivity index (χ0v) is 6.76. The van der Waals surface area contributed by atoms with E-state index in [-0.39, 0.29) is 0 Å². The normalized spacial score (nSPS) is 16.2. The van der Waals surface area contributed by atoms with Crippen LogP contribution in [0.15, 0.2) is 12.3 Å². The van der Waals surface area contributed by atoms with E-state index < -0.39 is 0 Å². The van der Waals surface area contributed by atoms with Crippen LogP contribution >= 0.6 is 0 Å². The van der Waals surface area contributed by atoms with Gasteiger partial charge >= 0.3 is 0 Å². The fourth-order valence-electron chi connectivity index (χ4n) is 1.33. The Labute approximate surface area is 66.0 Å². The SMILES string of the molecule is Cc1cnc2c(c1)CN(C)N2. The van der Waals surface area contributed by atoms with Crippen molar-refractivity contribution in [2.24, 2.45) is 0 Å². The van der Waals surface area contributed by atoms with Crippen LogP contribution in [-0.4, -0.2) is 17.0 Å². The van der Waals surface area contributed by atoms with Crippen molar-refractivity contribution in [1.82, 2.24) is 9.99 Å². The van der Waals surface area contributed by atoms with Gasteiger partial charge in [-0.25, -0.2) is 9.99 Å². The van der Waals surface area contributed by atoms with E-state index in [1.807, 2.05) is 18.3 Å². The average molecular weight is 149 g/mol. The van der Waals surface area contributed by atoms with Gasteiger partial charge in [-0.2, -0.15) is 0 Å². The smallest absolute Gasteiger partial charge is 0.144 e. The molecule has 1 aliphatic heterocycles. The summed E-state index contributed by atoms with van der Waals surface area (Å²) in [5.41, 5.74) is 5.65. The molecule has 2 rings (SSSR count).